The van der Waals surface area contributed by atoms with Gasteiger partial charge in [0.05, 0.1) is 5.56 Å². The van der Waals surface area contributed by atoms with Crippen LogP contribution in [-0.4, -0.2) is 34.5 Å². The van der Waals surface area contributed by atoms with Gasteiger partial charge in [-0.25, -0.2) is 14.4 Å². The van der Waals surface area contributed by atoms with E-state index in [0.717, 1.165) is 16.7 Å². The second kappa shape index (κ2) is 8.12. The summed E-state index contributed by atoms with van der Waals surface area (Å²) in [5.41, 5.74) is 2.81. The zero-order chi connectivity index (χ0) is 20.1. The smallest absolute Gasteiger partial charge is 0.252 e. The molecule has 2 aromatic heterocycles. The quantitative estimate of drug-likeness (QED) is 0.686. The van der Waals surface area contributed by atoms with Crippen molar-refractivity contribution in [3.05, 3.63) is 72.1 Å². The number of benzene rings is 1. The summed E-state index contributed by atoms with van der Waals surface area (Å²) in [6, 6.07) is 8.24. The summed E-state index contributed by atoms with van der Waals surface area (Å²) in [5.74, 6) is 0.0485. The molecule has 0 aliphatic carbocycles. The summed E-state index contributed by atoms with van der Waals surface area (Å²) in [7, 11) is 1.58. The lowest BCUT2D eigenvalue weighted by Gasteiger charge is -2.25. The van der Waals surface area contributed by atoms with Crippen molar-refractivity contribution in [2.24, 2.45) is 0 Å². The van der Waals surface area contributed by atoms with Gasteiger partial charge in [0.15, 0.2) is 0 Å². The van der Waals surface area contributed by atoms with Crippen molar-refractivity contribution < 1.29 is 9.18 Å². The Morgan fingerprint density at radius 3 is 2.36 bits per heavy atom. The van der Waals surface area contributed by atoms with Gasteiger partial charge in [0, 0.05) is 54.9 Å². The van der Waals surface area contributed by atoms with E-state index in [-0.39, 0.29) is 17.1 Å². The summed E-state index contributed by atoms with van der Waals surface area (Å²) < 4.78 is 13.1. The summed E-state index contributed by atoms with van der Waals surface area (Å²) in [6.07, 6.45) is 6.54. The summed E-state index contributed by atoms with van der Waals surface area (Å²) in [5, 5.41) is 5.80. The molecule has 0 spiro atoms. The molecule has 1 amide bonds. The van der Waals surface area contributed by atoms with Gasteiger partial charge >= 0.3 is 0 Å². The molecule has 0 aliphatic heterocycles. The fourth-order valence-electron chi connectivity index (χ4n) is 2.74. The molecular weight excluding hydrogens is 357 g/mol. The average molecular weight is 379 g/mol. The van der Waals surface area contributed by atoms with Crippen LogP contribution in [-0.2, 0) is 5.41 Å². The number of hydrogen-bond acceptors (Lipinski definition) is 5. The van der Waals surface area contributed by atoms with Crippen molar-refractivity contribution in [1.29, 1.82) is 0 Å². The predicted octanol–water partition coefficient (Wildman–Crippen LogP) is 3.43. The number of amides is 1. The van der Waals surface area contributed by atoms with Gasteiger partial charge < -0.3 is 10.6 Å². The van der Waals surface area contributed by atoms with Crippen LogP contribution < -0.4 is 10.6 Å². The van der Waals surface area contributed by atoms with Gasteiger partial charge in [-0.15, -0.1) is 0 Å². The highest BCUT2D eigenvalue weighted by Crippen LogP contribution is 2.24. The third kappa shape index (κ3) is 4.49. The molecule has 7 heteroatoms. The number of pyridine rings is 1. The number of aromatic nitrogens is 3. The zero-order valence-electron chi connectivity index (χ0n) is 16.0. The third-order valence-electron chi connectivity index (χ3n) is 4.53. The Bertz CT molecular complexity index is 955. The SMILES string of the molecule is CNC(=O)c1cncc(-c2cnc(NCC(C)(C)c3ccc(F)cc3)nc2)c1. The van der Waals surface area contributed by atoms with E-state index in [9.17, 15) is 9.18 Å². The van der Waals surface area contributed by atoms with Gasteiger partial charge in [-0.1, -0.05) is 26.0 Å². The summed E-state index contributed by atoms with van der Waals surface area (Å²) in [4.78, 5) is 24.6. The summed E-state index contributed by atoms with van der Waals surface area (Å²) >= 11 is 0. The van der Waals surface area contributed by atoms with Crippen LogP contribution in [0.15, 0.2) is 55.1 Å². The maximum absolute atomic E-state index is 13.1. The highest BCUT2D eigenvalue weighted by atomic mass is 19.1. The van der Waals surface area contributed by atoms with Gasteiger partial charge in [0.25, 0.3) is 5.91 Å². The Balaban J connectivity index is 1.69. The highest BCUT2D eigenvalue weighted by Gasteiger charge is 2.20. The van der Waals surface area contributed by atoms with E-state index in [0.29, 0.717) is 18.1 Å². The number of nitrogens with one attached hydrogen (secondary N) is 2. The second-order valence-electron chi connectivity index (χ2n) is 7.08. The standard InChI is InChI=1S/C21H22FN5O/c1-21(2,17-4-6-18(22)7-5-17)13-27-20-25-11-16(12-26-20)14-8-15(10-24-9-14)19(28)23-3/h4-12H,13H2,1-3H3,(H,23,28)(H,25,26,27). The fourth-order valence-corrected chi connectivity index (χ4v) is 2.74. The molecule has 0 atom stereocenters. The van der Waals surface area contributed by atoms with E-state index in [2.05, 4.69) is 39.4 Å². The van der Waals surface area contributed by atoms with Crippen molar-refractivity contribution in [3.8, 4) is 11.1 Å². The van der Waals surface area contributed by atoms with Gasteiger partial charge in [-0.2, -0.15) is 0 Å². The number of anilines is 1. The number of carbonyl (C=O) groups is 1. The monoisotopic (exact) mass is 379 g/mol. The molecule has 0 saturated heterocycles. The Morgan fingerprint density at radius 2 is 1.71 bits per heavy atom. The number of halogens is 1. The molecular formula is C21H22FN5O. The van der Waals surface area contributed by atoms with Crippen molar-refractivity contribution in [2.75, 3.05) is 18.9 Å². The molecule has 0 bridgehead atoms. The average Bonchev–Trinajstić information content (AvgIpc) is 2.72. The number of rotatable bonds is 6. The summed E-state index contributed by atoms with van der Waals surface area (Å²) in [6.45, 7) is 4.72. The molecule has 0 fully saturated rings. The molecule has 2 heterocycles. The van der Waals surface area contributed by atoms with Gasteiger partial charge in [-0.3, -0.25) is 9.78 Å². The second-order valence-corrected chi connectivity index (χ2v) is 7.08. The highest BCUT2D eigenvalue weighted by molar-refractivity contribution is 5.94. The van der Waals surface area contributed by atoms with Gasteiger partial charge in [0.1, 0.15) is 5.82 Å². The molecule has 3 aromatic rings. The Kier molecular flexibility index (Phi) is 5.63. The first kappa shape index (κ1) is 19.4. The van der Waals surface area contributed by atoms with Crippen molar-refractivity contribution in [1.82, 2.24) is 20.3 Å². The molecule has 144 valence electrons. The maximum atomic E-state index is 13.1. The predicted molar refractivity (Wildman–Crippen MR) is 107 cm³/mol. The van der Waals surface area contributed by atoms with Crippen LogP contribution in [0.2, 0.25) is 0 Å². The molecule has 0 radical (unpaired) electrons. The first-order chi connectivity index (χ1) is 13.4. The molecule has 6 nitrogen and oxygen atoms in total. The minimum atomic E-state index is -0.249. The van der Waals surface area contributed by atoms with E-state index in [1.54, 1.807) is 43.8 Å². The Hall–Kier alpha value is -3.35. The van der Waals surface area contributed by atoms with Crippen LogP contribution in [0, 0.1) is 5.82 Å². The number of nitrogens with zero attached hydrogens (tertiary/aromatic N) is 3. The fraction of sp³-hybridized carbons (Fsp3) is 0.238. The van der Waals surface area contributed by atoms with E-state index < -0.39 is 0 Å². The van der Waals surface area contributed by atoms with Crippen LogP contribution in [0.1, 0.15) is 29.8 Å². The molecule has 3 rings (SSSR count). The van der Waals surface area contributed by atoms with Crippen molar-refractivity contribution >= 4 is 11.9 Å². The van der Waals surface area contributed by atoms with E-state index >= 15 is 0 Å². The minimum absolute atomic E-state index is 0.198. The van der Waals surface area contributed by atoms with Crippen LogP contribution in [0.3, 0.4) is 0 Å². The van der Waals surface area contributed by atoms with Crippen molar-refractivity contribution in [2.45, 2.75) is 19.3 Å². The number of carbonyl (C=O) groups excluding carboxylic acids is 1. The van der Waals surface area contributed by atoms with Crippen molar-refractivity contribution in [3.63, 3.8) is 0 Å². The lowest BCUT2D eigenvalue weighted by atomic mass is 9.84. The number of hydrogen-bond donors (Lipinski definition) is 2. The van der Waals surface area contributed by atoms with E-state index in [4.69, 9.17) is 0 Å². The first-order valence-corrected chi connectivity index (χ1v) is 8.88. The van der Waals surface area contributed by atoms with Crippen LogP contribution in [0.5, 0.6) is 0 Å². The third-order valence-corrected chi connectivity index (χ3v) is 4.53. The lowest BCUT2D eigenvalue weighted by molar-refractivity contribution is 0.0963. The topological polar surface area (TPSA) is 79.8 Å². The molecule has 0 unspecified atom stereocenters. The Labute approximate surface area is 163 Å². The molecule has 0 aliphatic rings. The maximum Gasteiger partial charge on any atom is 0.252 e. The van der Waals surface area contributed by atoms with Gasteiger partial charge in [0.2, 0.25) is 5.95 Å². The molecule has 28 heavy (non-hydrogen) atoms. The van der Waals surface area contributed by atoms with E-state index in [1.165, 1.54) is 18.3 Å². The largest absolute Gasteiger partial charge is 0.355 e. The van der Waals surface area contributed by atoms with E-state index in [1.807, 2.05) is 0 Å². The molecule has 2 N–H and O–H groups in total. The first-order valence-electron chi connectivity index (χ1n) is 8.88. The van der Waals surface area contributed by atoms with Crippen LogP contribution in [0.25, 0.3) is 11.1 Å². The van der Waals surface area contributed by atoms with Gasteiger partial charge in [-0.05, 0) is 23.8 Å². The molecule has 0 saturated carbocycles. The van der Waals surface area contributed by atoms with Crippen LogP contribution in [0.4, 0.5) is 10.3 Å². The Morgan fingerprint density at radius 1 is 1.04 bits per heavy atom. The zero-order valence-corrected chi connectivity index (χ0v) is 16.0. The normalized spacial score (nSPS) is 11.1. The lowest BCUT2D eigenvalue weighted by Crippen LogP contribution is -2.28. The molecule has 1 aromatic carbocycles. The van der Waals surface area contributed by atoms with Crippen LogP contribution >= 0.6 is 0 Å². The minimum Gasteiger partial charge on any atom is -0.355 e.